The summed E-state index contributed by atoms with van der Waals surface area (Å²) in [5.41, 5.74) is 6.59. The van der Waals surface area contributed by atoms with Crippen LogP contribution in [-0.2, 0) is 10.8 Å². The van der Waals surface area contributed by atoms with E-state index in [1.54, 1.807) is 0 Å². The normalized spacial score (nSPS) is 24.9. The van der Waals surface area contributed by atoms with Crippen LogP contribution in [-0.4, -0.2) is 6.29 Å². The standard InChI is InChI=1S/C18H26O/c1-7-18(6)9-8-17(4,5)15-10-12(2)14(11-19)13(3)16(15)18/h10-11H,7-9H2,1-6H3. The molecular weight excluding hydrogens is 232 g/mol. The molecule has 0 saturated heterocycles. The van der Waals surface area contributed by atoms with Gasteiger partial charge >= 0.3 is 0 Å². The predicted octanol–water partition coefficient (Wildman–Crippen LogP) is 4.86. The summed E-state index contributed by atoms with van der Waals surface area (Å²) >= 11 is 0. The highest BCUT2D eigenvalue weighted by molar-refractivity contribution is 5.81. The second-order valence-electron chi connectivity index (χ2n) is 7.07. The summed E-state index contributed by atoms with van der Waals surface area (Å²) < 4.78 is 0. The van der Waals surface area contributed by atoms with Gasteiger partial charge in [-0.2, -0.15) is 0 Å². The molecule has 0 heterocycles. The zero-order valence-corrected chi connectivity index (χ0v) is 13.2. The fraction of sp³-hybridized carbons (Fsp3) is 0.611. The Morgan fingerprint density at radius 2 is 1.84 bits per heavy atom. The molecule has 0 aromatic heterocycles. The van der Waals surface area contributed by atoms with Crippen molar-refractivity contribution < 1.29 is 4.79 Å². The van der Waals surface area contributed by atoms with Crippen molar-refractivity contribution in [3.63, 3.8) is 0 Å². The quantitative estimate of drug-likeness (QED) is 0.693. The topological polar surface area (TPSA) is 17.1 Å². The van der Waals surface area contributed by atoms with Crippen LogP contribution in [0.5, 0.6) is 0 Å². The first-order valence-electron chi connectivity index (χ1n) is 7.37. The molecule has 1 aliphatic rings. The number of carbonyl (C=O) groups is 1. The molecule has 1 aromatic rings. The lowest BCUT2D eigenvalue weighted by Gasteiger charge is -2.45. The van der Waals surface area contributed by atoms with E-state index in [2.05, 4.69) is 47.6 Å². The number of fused-ring (bicyclic) bond motifs is 1. The first-order chi connectivity index (χ1) is 8.77. The molecule has 104 valence electrons. The van der Waals surface area contributed by atoms with Crippen molar-refractivity contribution in [3.8, 4) is 0 Å². The summed E-state index contributed by atoms with van der Waals surface area (Å²) in [6.07, 6.45) is 4.61. The maximum absolute atomic E-state index is 11.4. The van der Waals surface area contributed by atoms with Crippen molar-refractivity contribution in [3.05, 3.63) is 33.9 Å². The van der Waals surface area contributed by atoms with E-state index in [9.17, 15) is 4.79 Å². The molecule has 1 aliphatic carbocycles. The average Bonchev–Trinajstić information content (AvgIpc) is 2.35. The SMILES string of the molecule is CCC1(C)CCC(C)(C)c2cc(C)c(C=O)c(C)c21. The van der Waals surface area contributed by atoms with Gasteiger partial charge in [-0.25, -0.2) is 0 Å². The zero-order valence-electron chi connectivity index (χ0n) is 13.2. The Balaban J connectivity index is 2.84. The first-order valence-corrected chi connectivity index (χ1v) is 7.37. The van der Waals surface area contributed by atoms with Gasteiger partial charge in [-0.3, -0.25) is 4.79 Å². The van der Waals surface area contributed by atoms with Crippen LogP contribution in [0.3, 0.4) is 0 Å². The fourth-order valence-corrected chi connectivity index (χ4v) is 3.69. The number of rotatable bonds is 2. The first kappa shape index (κ1) is 14.3. The zero-order chi connectivity index (χ0) is 14.4. The van der Waals surface area contributed by atoms with Crippen LogP contribution < -0.4 is 0 Å². The van der Waals surface area contributed by atoms with E-state index in [0.29, 0.717) is 0 Å². The van der Waals surface area contributed by atoms with E-state index < -0.39 is 0 Å². The van der Waals surface area contributed by atoms with Crippen LogP contribution in [0, 0.1) is 13.8 Å². The number of benzene rings is 1. The molecule has 0 spiro atoms. The number of hydrogen-bond donors (Lipinski definition) is 0. The minimum absolute atomic E-state index is 0.223. The minimum Gasteiger partial charge on any atom is -0.298 e. The summed E-state index contributed by atoms with van der Waals surface area (Å²) in [6, 6.07) is 2.26. The molecule has 0 amide bonds. The third-order valence-electron chi connectivity index (χ3n) is 5.37. The molecular formula is C18H26O. The highest BCUT2D eigenvalue weighted by Crippen LogP contribution is 2.49. The van der Waals surface area contributed by atoms with E-state index in [4.69, 9.17) is 0 Å². The second kappa shape index (κ2) is 4.47. The smallest absolute Gasteiger partial charge is 0.150 e. The second-order valence-corrected chi connectivity index (χ2v) is 7.07. The molecule has 1 aromatic carbocycles. The largest absolute Gasteiger partial charge is 0.298 e. The Labute approximate surface area is 117 Å². The molecule has 0 saturated carbocycles. The maximum atomic E-state index is 11.4. The monoisotopic (exact) mass is 258 g/mol. The summed E-state index contributed by atoms with van der Waals surface area (Å²) in [5, 5.41) is 0. The van der Waals surface area contributed by atoms with E-state index in [-0.39, 0.29) is 10.8 Å². The molecule has 19 heavy (non-hydrogen) atoms. The molecule has 1 heteroatoms. The Morgan fingerprint density at radius 3 is 2.37 bits per heavy atom. The number of aldehydes is 1. The van der Waals surface area contributed by atoms with Gasteiger partial charge in [0.15, 0.2) is 6.29 Å². The van der Waals surface area contributed by atoms with Crippen molar-refractivity contribution in [2.75, 3.05) is 0 Å². The Hall–Kier alpha value is -1.11. The summed E-state index contributed by atoms with van der Waals surface area (Å²) in [4.78, 5) is 11.4. The van der Waals surface area contributed by atoms with Crippen LogP contribution in [0.4, 0.5) is 0 Å². The van der Waals surface area contributed by atoms with E-state index in [1.165, 1.54) is 29.5 Å². The van der Waals surface area contributed by atoms with Crippen LogP contribution in [0.2, 0.25) is 0 Å². The van der Waals surface area contributed by atoms with Crippen molar-refractivity contribution in [1.29, 1.82) is 0 Å². The molecule has 0 fully saturated rings. The number of aryl methyl sites for hydroxylation is 1. The molecule has 0 aliphatic heterocycles. The predicted molar refractivity (Wildman–Crippen MR) is 81.2 cm³/mol. The van der Waals surface area contributed by atoms with Gasteiger partial charge in [0.1, 0.15) is 0 Å². The molecule has 0 radical (unpaired) electrons. The third-order valence-corrected chi connectivity index (χ3v) is 5.37. The number of hydrogen-bond acceptors (Lipinski definition) is 1. The minimum atomic E-state index is 0.223. The maximum Gasteiger partial charge on any atom is 0.150 e. The van der Waals surface area contributed by atoms with Gasteiger partial charge in [0.05, 0.1) is 0 Å². The van der Waals surface area contributed by atoms with Gasteiger partial charge in [-0.15, -0.1) is 0 Å². The van der Waals surface area contributed by atoms with Gasteiger partial charge in [-0.1, -0.05) is 33.8 Å². The van der Waals surface area contributed by atoms with Gasteiger partial charge in [0.2, 0.25) is 0 Å². The van der Waals surface area contributed by atoms with Crippen molar-refractivity contribution in [1.82, 2.24) is 0 Å². The highest BCUT2D eigenvalue weighted by Gasteiger charge is 2.40. The van der Waals surface area contributed by atoms with E-state index in [0.717, 1.165) is 23.8 Å². The van der Waals surface area contributed by atoms with Gasteiger partial charge < -0.3 is 0 Å². The van der Waals surface area contributed by atoms with Gasteiger partial charge in [-0.05, 0) is 66.2 Å². The highest BCUT2D eigenvalue weighted by atomic mass is 16.1. The van der Waals surface area contributed by atoms with Gasteiger partial charge in [0, 0.05) is 5.56 Å². The van der Waals surface area contributed by atoms with Crippen molar-refractivity contribution >= 4 is 6.29 Å². The molecule has 1 atom stereocenters. The molecule has 0 bridgehead atoms. The molecule has 2 rings (SSSR count). The molecule has 1 nitrogen and oxygen atoms in total. The van der Waals surface area contributed by atoms with Crippen LogP contribution in [0.1, 0.15) is 79.6 Å². The Bertz CT molecular complexity index is 525. The van der Waals surface area contributed by atoms with E-state index >= 15 is 0 Å². The Kier molecular flexibility index (Phi) is 3.36. The van der Waals surface area contributed by atoms with Crippen molar-refractivity contribution in [2.45, 2.75) is 71.6 Å². The summed E-state index contributed by atoms with van der Waals surface area (Å²) in [7, 11) is 0. The average molecular weight is 258 g/mol. The van der Waals surface area contributed by atoms with Crippen LogP contribution in [0.25, 0.3) is 0 Å². The fourth-order valence-electron chi connectivity index (χ4n) is 3.69. The van der Waals surface area contributed by atoms with Crippen LogP contribution >= 0.6 is 0 Å². The van der Waals surface area contributed by atoms with Gasteiger partial charge in [0.25, 0.3) is 0 Å². The number of carbonyl (C=O) groups excluding carboxylic acids is 1. The molecule has 1 unspecified atom stereocenters. The lowest BCUT2D eigenvalue weighted by Crippen LogP contribution is -2.36. The summed E-state index contributed by atoms with van der Waals surface area (Å²) in [6.45, 7) is 13.5. The summed E-state index contributed by atoms with van der Waals surface area (Å²) in [5.74, 6) is 0. The van der Waals surface area contributed by atoms with Crippen molar-refractivity contribution in [2.24, 2.45) is 0 Å². The molecule has 0 N–H and O–H groups in total. The van der Waals surface area contributed by atoms with Crippen LogP contribution in [0.15, 0.2) is 6.07 Å². The lowest BCUT2D eigenvalue weighted by atomic mass is 9.59. The Morgan fingerprint density at radius 1 is 1.21 bits per heavy atom. The third kappa shape index (κ3) is 2.04. The lowest BCUT2D eigenvalue weighted by molar-refractivity contribution is 0.112. The van der Waals surface area contributed by atoms with E-state index in [1.807, 2.05) is 0 Å².